The van der Waals surface area contributed by atoms with Gasteiger partial charge in [0.15, 0.2) is 17.0 Å². The summed E-state index contributed by atoms with van der Waals surface area (Å²) in [6, 6.07) is 2.13. The molecule has 10 N–H and O–H groups in total. The number of carbonyl (C=O) groups excluding carboxylic acids is 2. The third kappa shape index (κ3) is 10.3. The van der Waals surface area contributed by atoms with Crippen molar-refractivity contribution in [3.05, 3.63) is 41.7 Å². The summed E-state index contributed by atoms with van der Waals surface area (Å²) >= 11 is 0. The first-order valence-electron chi connectivity index (χ1n) is 13.2. The normalized spacial score (nSPS) is 13.8. The van der Waals surface area contributed by atoms with Gasteiger partial charge in [-0.2, -0.15) is 9.97 Å². The van der Waals surface area contributed by atoms with Gasteiger partial charge in [-0.1, -0.05) is 0 Å². The predicted molar refractivity (Wildman–Crippen MR) is 157 cm³/mol. The molecule has 0 spiro atoms. The number of benzene rings is 1. The lowest BCUT2D eigenvalue weighted by Gasteiger charge is -2.48. The van der Waals surface area contributed by atoms with Crippen LogP contribution in [0.1, 0.15) is 35.3 Å². The number of nitrogens with one attached hydrogen (secondary N) is 2. The van der Waals surface area contributed by atoms with Crippen LogP contribution >= 0.6 is 15.9 Å². The Bertz CT molecular complexity index is 1620. The third-order valence-corrected chi connectivity index (χ3v) is 10.2. The number of anilines is 3. The number of carboxylic acids is 2. The van der Waals surface area contributed by atoms with Crippen LogP contribution in [-0.2, 0) is 20.9 Å². The fourth-order valence-corrected chi connectivity index (χ4v) is 6.61. The van der Waals surface area contributed by atoms with Crippen LogP contribution in [0.3, 0.4) is 0 Å². The highest BCUT2D eigenvalue weighted by atomic mass is 31.3. The van der Waals surface area contributed by atoms with Crippen LogP contribution in [-0.4, -0.2) is 88.2 Å². The Morgan fingerprint density at radius 3 is 2.11 bits per heavy atom. The molecule has 0 saturated carbocycles. The van der Waals surface area contributed by atoms with Crippen molar-refractivity contribution in [3.63, 3.8) is 0 Å². The van der Waals surface area contributed by atoms with Crippen molar-refractivity contribution in [1.82, 2.24) is 30.6 Å². The van der Waals surface area contributed by atoms with Crippen molar-refractivity contribution < 1.29 is 58.8 Å². The van der Waals surface area contributed by atoms with Crippen molar-refractivity contribution in [2.24, 2.45) is 0 Å². The minimum atomic E-state index is -5.98. The zero-order chi connectivity index (χ0) is 35.3. The summed E-state index contributed by atoms with van der Waals surface area (Å²) in [5.41, 5.74) is 13.1. The average molecular weight is 697 g/mol. The molecule has 3 unspecified atom stereocenters. The van der Waals surface area contributed by atoms with Gasteiger partial charge in [-0.3, -0.25) is 9.59 Å². The SMILES string of the molecule is CN(Cc1cnc2nc(N)nc(N)c2n1)c1ccc(C(=O)NC(CCC(=O)NC(CC([P+]([O-])([O-])[O-])[P+]([O-])(O)O)C(=O)O)C(=O)O)cc1. The number of hydrogen-bond donors (Lipinski definition) is 8. The second-order valence-corrected chi connectivity index (χ2v) is 14.0. The number of aromatic nitrogens is 4. The van der Waals surface area contributed by atoms with Gasteiger partial charge in [0.25, 0.3) is 13.9 Å². The van der Waals surface area contributed by atoms with Gasteiger partial charge >= 0.3 is 11.9 Å². The Kier molecular flexibility index (Phi) is 11.8. The minimum Gasteiger partial charge on any atom is -0.685 e. The second-order valence-electron chi connectivity index (χ2n) is 10.1. The topological polar surface area (TPSA) is 372 Å². The van der Waals surface area contributed by atoms with Gasteiger partial charge in [-0.15, -0.1) is 7.94 Å². The van der Waals surface area contributed by atoms with Gasteiger partial charge < -0.3 is 56.8 Å². The molecule has 0 saturated heterocycles. The highest BCUT2D eigenvalue weighted by molar-refractivity contribution is 7.74. The van der Waals surface area contributed by atoms with Crippen molar-refractivity contribution in [2.45, 2.75) is 43.3 Å². The first-order chi connectivity index (χ1) is 21.8. The van der Waals surface area contributed by atoms with Crippen molar-refractivity contribution >= 4 is 68.3 Å². The van der Waals surface area contributed by atoms with E-state index in [1.807, 2.05) is 0 Å². The molecule has 0 fully saturated rings. The number of carbonyl (C=O) groups is 4. The van der Waals surface area contributed by atoms with Crippen LogP contribution in [0.15, 0.2) is 30.5 Å². The van der Waals surface area contributed by atoms with Crippen molar-refractivity contribution in [2.75, 3.05) is 23.4 Å². The molecule has 47 heavy (non-hydrogen) atoms. The van der Waals surface area contributed by atoms with Crippen LogP contribution in [0, 0.1) is 0 Å². The maximum absolute atomic E-state index is 12.8. The summed E-state index contributed by atoms with van der Waals surface area (Å²) in [5, 5.41) is 19.9. The van der Waals surface area contributed by atoms with E-state index in [-0.39, 0.29) is 35.0 Å². The number of carboxylic acid groups (broad SMARTS) is 2. The molecule has 3 atom stereocenters. The number of nitrogens with zero attached hydrogens (tertiary/aromatic N) is 5. The van der Waals surface area contributed by atoms with Gasteiger partial charge in [-0.05, 0) is 30.7 Å². The molecule has 2 amide bonds. The maximum Gasteiger partial charge on any atom is 0.326 e. The van der Waals surface area contributed by atoms with Gasteiger partial charge in [0.1, 0.15) is 12.1 Å². The quantitative estimate of drug-likeness (QED) is 0.0692. The first-order valence-corrected chi connectivity index (χ1v) is 16.5. The molecule has 254 valence electrons. The Balaban J connectivity index is 1.60. The summed E-state index contributed by atoms with van der Waals surface area (Å²) in [4.78, 5) is 130. The van der Waals surface area contributed by atoms with Crippen molar-refractivity contribution in [1.29, 1.82) is 0 Å². The fourth-order valence-electron chi connectivity index (χ4n) is 4.18. The summed E-state index contributed by atoms with van der Waals surface area (Å²) in [6.45, 7) is 0.261. The lowest BCUT2D eigenvalue weighted by atomic mass is 10.1. The summed E-state index contributed by atoms with van der Waals surface area (Å²) < 4.78 is 0. The minimum absolute atomic E-state index is 0.0434. The lowest BCUT2D eigenvalue weighted by molar-refractivity contribution is -0.429. The number of nitrogens with two attached hydrogens (primary N) is 2. The summed E-state index contributed by atoms with van der Waals surface area (Å²) in [6.07, 6.45) is -1.22. The van der Waals surface area contributed by atoms with Crippen LogP contribution in [0.5, 0.6) is 0 Å². The van der Waals surface area contributed by atoms with Gasteiger partial charge in [0, 0.05) is 24.7 Å². The average Bonchev–Trinajstić information content (AvgIpc) is 2.95. The number of nitrogen functional groups attached to an aromatic ring is 2. The molecule has 0 aliphatic rings. The molecule has 0 aliphatic heterocycles. The zero-order valence-electron chi connectivity index (χ0n) is 24.3. The largest absolute Gasteiger partial charge is 0.685 e. The molecule has 2 aromatic heterocycles. The second kappa shape index (κ2) is 15.0. The van der Waals surface area contributed by atoms with E-state index in [0.717, 1.165) is 0 Å². The lowest BCUT2D eigenvalue weighted by Crippen LogP contribution is -2.50. The zero-order valence-corrected chi connectivity index (χ0v) is 26.1. The van der Waals surface area contributed by atoms with Crippen molar-refractivity contribution in [3.8, 4) is 0 Å². The summed E-state index contributed by atoms with van der Waals surface area (Å²) in [7, 11) is -9.86. The van der Waals surface area contributed by atoms with E-state index in [2.05, 4.69) is 25.3 Å². The monoisotopic (exact) mass is 697 g/mol. The highest BCUT2D eigenvalue weighted by Crippen LogP contribution is 2.61. The summed E-state index contributed by atoms with van der Waals surface area (Å²) in [5.74, 6) is -5.40. The van der Waals surface area contributed by atoms with E-state index in [0.29, 0.717) is 11.4 Å². The molecule has 23 heteroatoms. The number of fused-ring (bicyclic) bond motifs is 1. The molecular weight excluding hydrogens is 668 g/mol. The van der Waals surface area contributed by atoms with E-state index in [4.69, 9.17) is 21.3 Å². The van der Waals surface area contributed by atoms with E-state index in [1.165, 1.54) is 18.3 Å². The Morgan fingerprint density at radius 2 is 1.55 bits per heavy atom. The molecule has 3 aromatic rings. The van der Waals surface area contributed by atoms with Crippen LogP contribution < -0.4 is 46.6 Å². The van der Waals surface area contributed by atoms with E-state index in [9.17, 15) is 49.0 Å². The first kappa shape index (κ1) is 37.0. The molecule has 0 aliphatic carbocycles. The van der Waals surface area contributed by atoms with Gasteiger partial charge in [-0.25, -0.2) is 29.3 Å². The maximum atomic E-state index is 12.8. The van der Waals surface area contributed by atoms with Crippen LogP contribution in [0.4, 0.5) is 17.5 Å². The predicted octanol–water partition coefficient (Wildman–Crippen LogP) is -4.58. The van der Waals surface area contributed by atoms with E-state index in [1.54, 1.807) is 29.4 Å². The Morgan fingerprint density at radius 1 is 0.936 bits per heavy atom. The van der Waals surface area contributed by atoms with Gasteiger partial charge in [0.05, 0.1) is 24.9 Å². The molecule has 2 heterocycles. The molecule has 3 rings (SSSR count). The van der Waals surface area contributed by atoms with E-state index < -0.39 is 76.4 Å². The molecule has 0 radical (unpaired) electrons. The number of aliphatic carboxylic acids is 2. The number of amides is 2. The fraction of sp³-hybridized carbons (Fsp3) is 0.333. The molecule has 21 nitrogen and oxygen atoms in total. The van der Waals surface area contributed by atoms with Crippen LogP contribution in [0.25, 0.3) is 11.2 Å². The molecular formula is C24H29N9O12P2-2. The number of hydrogen-bond acceptors (Lipinski definition) is 17. The number of rotatable bonds is 15. The standard InChI is InChI=1S/C24H31N9O12P2/c1-33(10-12-9-27-20-18(28-12)19(25)31-24(26)32-20)13-4-2-11(3-5-13)21(35)30-14(22(36)37)6-7-16(34)29-15(23(38)39)8-17(46(40,41)42)47(43,44)45/h2-5,9,14-15,17H,6-8,10H2,1H3,(H,29,34)(H,30,35)(H,36,37)(H,38,39)(H2,40,41,42)(H2,43,44,45)(H4,25,26,27,31,32)/p-2. The molecule has 1 aromatic carbocycles. The van der Waals surface area contributed by atoms with E-state index >= 15 is 0 Å². The van der Waals surface area contributed by atoms with Crippen LogP contribution in [0.2, 0.25) is 0 Å². The smallest absolute Gasteiger partial charge is 0.326 e. The Labute approximate surface area is 266 Å². The third-order valence-electron chi connectivity index (χ3n) is 6.57. The molecule has 0 bridgehead atoms. The Hall–Kier alpha value is -4.46. The highest BCUT2D eigenvalue weighted by Gasteiger charge is 2.44. The van der Waals surface area contributed by atoms with Gasteiger partial charge in [0.2, 0.25) is 17.3 Å².